The standard InChI is InChI=1S/C11H20BrNO2S/c1-7-8(6-16)9(12)5-13(7)10(14)15-11(2,3)4/h7-9,16H,5-6H2,1-4H3. The number of amides is 1. The molecule has 3 atom stereocenters. The SMILES string of the molecule is CC1C(CS)C(Br)CN1C(=O)OC(C)(C)C. The number of hydrogen-bond donors (Lipinski definition) is 1. The molecular formula is C11H20BrNO2S. The average molecular weight is 310 g/mol. The Morgan fingerprint density at radius 1 is 1.56 bits per heavy atom. The third-order valence-corrected chi connectivity index (χ3v) is 4.18. The van der Waals surface area contributed by atoms with Crippen LogP contribution in [0.3, 0.4) is 0 Å². The van der Waals surface area contributed by atoms with Gasteiger partial charge in [0.05, 0.1) is 0 Å². The molecule has 1 aliphatic heterocycles. The minimum Gasteiger partial charge on any atom is -0.444 e. The van der Waals surface area contributed by atoms with Crippen molar-refractivity contribution in [2.24, 2.45) is 5.92 Å². The van der Waals surface area contributed by atoms with E-state index in [0.717, 1.165) is 5.75 Å². The van der Waals surface area contributed by atoms with Crippen LogP contribution < -0.4 is 0 Å². The van der Waals surface area contributed by atoms with Crippen LogP contribution in [0.1, 0.15) is 27.7 Å². The monoisotopic (exact) mass is 309 g/mol. The zero-order valence-electron chi connectivity index (χ0n) is 10.2. The summed E-state index contributed by atoms with van der Waals surface area (Å²) < 4.78 is 5.37. The maximum Gasteiger partial charge on any atom is 0.410 e. The fourth-order valence-corrected chi connectivity index (χ4v) is 3.64. The first kappa shape index (κ1) is 14.2. The zero-order valence-corrected chi connectivity index (χ0v) is 12.7. The quantitative estimate of drug-likeness (QED) is 0.596. The number of hydrogen-bond acceptors (Lipinski definition) is 3. The predicted octanol–water partition coefficient (Wildman–Crippen LogP) is 2.94. The van der Waals surface area contributed by atoms with Crippen LogP contribution in [0.15, 0.2) is 0 Å². The van der Waals surface area contributed by atoms with Gasteiger partial charge in [-0.15, -0.1) is 0 Å². The summed E-state index contributed by atoms with van der Waals surface area (Å²) in [4.78, 5) is 14.0. The molecule has 16 heavy (non-hydrogen) atoms. The number of carbonyl (C=O) groups excluding carboxylic acids is 1. The van der Waals surface area contributed by atoms with Crippen molar-refractivity contribution in [2.75, 3.05) is 12.3 Å². The maximum absolute atomic E-state index is 11.9. The highest BCUT2D eigenvalue weighted by atomic mass is 79.9. The Bertz CT molecular complexity index is 267. The van der Waals surface area contributed by atoms with E-state index < -0.39 is 5.60 Å². The van der Waals surface area contributed by atoms with Crippen molar-refractivity contribution >= 4 is 34.7 Å². The average Bonchev–Trinajstić information content (AvgIpc) is 2.38. The fourth-order valence-electron chi connectivity index (χ4n) is 1.85. The molecule has 1 fully saturated rings. The molecule has 3 unspecified atom stereocenters. The van der Waals surface area contributed by atoms with Crippen molar-refractivity contribution in [2.45, 2.75) is 44.2 Å². The lowest BCUT2D eigenvalue weighted by atomic mass is 10.0. The topological polar surface area (TPSA) is 29.5 Å². The summed E-state index contributed by atoms with van der Waals surface area (Å²) >= 11 is 7.92. The van der Waals surface area contributed by atoms with Crippen molar-refractivity contribution in [3.63, 3.8) is 0 Å². The van der Waals surface area contributed by atoms with Gasteiger partial charge in [-0.2, -0.15) is 12.6 Å². The molecule has 1 amide bonds. The highest BCUT2D eigenvalue weighted by Gasteiger charge is 2.40. The van der Waals surface area contributed by atoms with Gasteiger partial charge in [0.2, 0.25) is 0 Å². The molecule has 0 saturated carbocycles. The van der Waals surface area contributed by atoms with Gasteiger partial charge in [0.1, 0.15) is 5.60 Å². The van der Waals surface area contributed by atoms with Gasteiger partial charge in [-0.3, -0.25) is 0 Å². The van der Waals surface area contributed by atoms with E-state index in [2.05, 4.69) is 28.6 Å². The van der Waals surface area contributed by atoms with Gasteiger partial charge >= 0.3 is 6.09 Å². The summed E-state index contributed by atoms with van der Waals surface area (Å²) in [6.07, 6.45) is -0.228. The lowest BCUT2D eigenvalue weighted by molar-refractivity contribution is 0.0226. The molecule has 1 aliphatic rings. The number of alkyl halides is 1. The normalized spacial score (nSPS) is 30.6. The molecule has 0 spiro atoms. The number of nitrogens with zero attached hydrogens (tertiary/aromatic N) is 1. The van der Waals surface area contributed by atoms with Gasteiger partial charge in [-0.25, -0.2) is 4.79 Å². The Hall–Kier alpha value is 0.1000. The highest BCUT2D eigenvalue weighted by Crippen LogP contribution is 2.31. The second-order valence-electron chi connectivity index (χ2n) is 5.24. The molecule has 0 N–H and O–H groups in total. The van der Waals surface area contributed by atoms with E-state index in [0.29, 0.717) is 17.3 Å². The lowest BCUT2D eigenvalue weighted by Crippen LogP contribution is -2.40. The Morgan fingerprint density at radius 3 is 2.50 bits per heavy atom. The highest BCUT2D eigenvalue weighted by molar-refractivity contribution is 9.09. The summed E-state index contributed by atoms with van der Waals surface area (Å²) in [5.74, 6) is 1.16. The number of ether oxygens (including phenoxy) is 1. The van der Waals surface area contributed by atoms with Crippen molar-refractivity contribution in [3.05, 3.63) is 0 Å². The van der Waals surface area contributed by atoms with E-state index in [1.807, 2.05) is 27.7 Å². The third-order valence-electron chi connectivity index (χ3n) is 2.79. The molecule has 0 bridgehead atoms. The molecule has 0 aromatic carbocycles. The van der Waals surface area contributed by atoms with E-state index in [1.165, 1.54) is 0 Å². The van der Waals surface area contributed by atoms with E-state index in [9.17, 15) is 4.79 Å². The van der Waals surface area contributed by atoms with Crippen LogP contribution in [-0.4, -0.2) is 39.8 Å². The van der Waals surface area contributed by atoms with Crippen LogP contribution in [0.2, 0.25) is 0 Å². The first-order valence-electron chi connectivity index (χ1n) is 5.51. The zero-order chi connectivity index (χ0) is 12.5. The summed E-state index contributed by atoms with van der Waals surface area (Å²) in [7, 11) is 0. The molecule has 1 heterocycles. The van der Waals surface area contributed by atoms with Crippen LogP contribution in [0.25, 0.3) is 0 Å². The van der Waals surface area contributed by atoms with Crippen molar-refractivity contribution in [1.82, 2.24) is 4.90 Å². The smallest absolute Gasteiger partial charge is 0.410 e. The molecule has 1 saturated heterocycles. The van der Waals surface area contributed by atoms with Gasteiger partial charge < -0.3 is 9.64 Å². The largest absolute Gasteiger partial charge is 0.444 e. The molecule has 0 aliphatic carbocycles. The summed E-state index contributed by atoms with van der Waals surface area (Å²) in [5.41, 5.74) is -0.433. The molecule has 0 radical (unpaired) electrons. The summed E-state index contributed by atoms with van der Waals surface area (Å²) in [6, 6.07) is 0.178. The number of likely N-dealkylation sites (tertiary alicyclic amines) is 1. The summed E-state index contributed by atoms with van der Waals surface area (Å²) in [6.45, 7) is 8.39. The Labute approximate surface area is 111 Å². The minimum atomic E-state index is -0.433. The Kier molecular flexibility index (Phi) is 4.57. The predicted molar refractivity (Wildman–Crippen MR) is 72.5 cm³/mol. The number of halogens is 1. The third kappa shape index (κ3) is 3.29. The van der Waals surface area contributed by atoms with E-state index in [1.54, 1.807) is 4.90 Å². The van der Waals surface area contributed by atoms with Gasteiger partial charge in [-0.05, 0) is 33.4 Å². The molecule has 0 aromatic rings. The molecule has 94 valence electrons. The molecule has 0 aromatic heterocycles. The Balaban J connectivity index is 2.65. The van der Waals surface area contributed by atoms with Gasteiger partial charge in [0.25, 0.3) is 0 Å². The maximum atomic E-state index is 11.9. The van der Waals surface area contributed by atoms with Gasteiger partial charge in [0.15, 0.2) is 0 Å². The van der Waals surface area contributed by atoms with Gasteiger partial charge in [-0.1, -0.05) is 15.9 Å². The van der Waals surface area contributed by atoms with E-state index >= 15 is 0 Å². The van der Waals surface area contributed by atoms with E-state index in [-0.39, 0.29) is 12.1 Å². The summed E-state index contributed by atoms with van der Waals surface area (Å²) in [5, 5.41) is 0. The van der Waals surface area contributed by atoms with Crippen LogP contribution in [0.4, 0.5) is 4.79 Å². The fraction of sp³-hybridized carbons (Fsp3) is 0.909. The molecule has 3 nitrogen and oxygen atoms in total. The van der Waals surface area contributed by atoms with Crippen molar-refractivity contribution in [1.29, 1.82) is 0 Å². The number of rotatable bonds is 1. The lowest BCUT2D eigenvalue weighted by Gasteiger charge is -2.28. The van der Waals surface area contributed by atoms with Crippen LogP contribution in [0, 0.1) is 5.92 Å². The first-order valence-corrected chi connectivity index (χ1v) is 7.05. The number of thiol groups is 1. The van der Waals surface area contributed by atoms with Crippen LogP contribution in [-0.2, 0) is 4.74 Å². The minimum absolute atomic E-state index is 0.178. The van der Waals surface area contributed by atoms with Crippen molar-refractivity contribution < 1.29 is 9.53 Å². The second-order valence-corrected chi connectivity index (χ2v) is 6.78. The van der Waals surface area contributed by atoms with Crippen LogP contribution >= 0.6 is 28.6 Å². The molecular weight excluding hydrogens is 290 g/mol. The molecule has 1 rings (SSSR count). The molecule has 5 heteroatoms. The second kappa shape index (κ2) is 5.17. The van der Waals surface area contributed by atoms with Crippen LogP contribution in [0.5, 0.6) is 0 Å². The number of carbonyl (C=O) groups is 1. The first-order chi connectivity index (χ1) is 7.26. The van der Waals surface area contributed by atoms with E-state index in [4.69, 9.17) is 4.74 Å². The Morgan fingerprint density at radius 2 is 2.12 bits per heavy atom. The van der Waals surface area contributed by atoms with Crippen molar-refractivity contribution in [3.8, 4) is 0 Å². The van der Waals surface area contributed by atoms with Gasteiger partial charge in [0, 0.05) is 23.3 Å².